The first-order valence-corrected chi connectivity index (χ1v) is 7.86. The molecule has 1 aliphatic rings. The number of pyridine rings is 1. The zero-order valence-electron chi connectivity index (χ0n) is 13.6. The first kappa shape index (κ1) is 15.4. The summed E-state index contributed by atoms with van der Waals surface area (Å²) in [6, 6.07) is 5.87. The largest absolute Gasteiger partial charge is 0.354 e. The van der Waals surface area contributed by atoms with Gasteiger partial charge >= 0.3 is 0 Å². The third-order valence-electron chi connectivity index (χ3n) is 4.34. The molecule has 7 heteroatoms. The third-order valence-corrected chi connectivity index (χ3v) is 4.34. The van der Waals surface area contributed by atoms with Crippen LogP contribution in [0.15, 0.2) is 18.3 Å². The Morgan fingerprint density at radius 2 is 2.09 bits per heavy atom. The maximum atomic E-state index is 9.25. The number of rotatable bonds is 3. The normalized spacial score (nSPS) is 16.1. The van der Waals surface area contributed by atoms with Crippen molar-refractivity contribution in [2.75, 3.05) is 31.1 Å². The number of anilines is 1. The van der Waals surface area contributed by atoms with Gasteiger partial charge in [0.15, 0.2) is 0 Å². The van der Waals surface area contributed by atoms with Gasteiger partial charge in [0.2, 0.25) is 0 Å². The summed E-state index contributed by atoms with van der Waals surface area (Å²) in [5.41, 5.74) is 0.643. The molecule has 0 N–H and O–H groups in total. The van der Waals surface area contributed by atoms with Crippen molar-refractivity contribution in [3.05, 3.63) is 35.5 Å². The molecular weight excluding hydrogens is 290 g/mol. The fourth-order valence-electron chi connectivity index (χ4n) is 2.87. The van der Waals surface area contributed by atoms with Crippen molar-refractivity contribution in [3.8, 4) is 6.07 Å². The number of hydrogen-bond acceptors (Lipinski definition) is 6. The topological polar surface area (TPSA) is 73.9 Å². The molecule has 0 aromatic carbocycles. The van der Waals surface area contributed by atoms with Crippen LogP contribution in [0, 0.1) is 18.3 Å². The van der Waals surface area contributed by atoms with E-state index in [1.807, 2.05) is 30.7 Å². The van der Waals surface area contributed by atoms with Gasteiger partial charge in [-0.25, -0.2) is 4.98 Å². The van der Waals surface area contributed by atoms with Crippen molar-refractivity contribution < 1.29 is 0 Å². The van der Waals surface area contributed by atoms with Gasteiger partial charge in [0.05, 0.1) is 12.1 Å². The second-order valence-electron chi connectivity index (χ2n) is 5.83. The maximum Gasteiger partial charge on any atom is 0.146 e. The number of nitrogens with zero attached hydrogens (tertiary/aromatic N) is 7. The van der Waals surface area contributed by atoms with E-state index in [9.17, 15) is 5.26 Å². The molecule has 0 saturated carbocycles. The van der Waals surface area contributed by atoms with Gasteiger partial charge < -0.3 is 9.47 Å². The molecule has 0 radical (unpaired) electrons. The van der Waals surface area contributed by atoms with E-state index in [1.54, 1.807) is 6.20 Å². The summed E-state index contributed by atoms with van der Waals surface area (Å²) >= 11 is 0. The summed E-state index contributed by atoms with van der Waals surface area (Å²) < 4.78 is 2.04. The third kappa shape index (κ3) is 3.32. The van der Waals surface area contributed by atoms with Gasteiger partial charge in [0.1, 0.15) is 23.5 Å². The molecule has 0 aliphatic carbocycles. The van der Waals surface area contributed by atoms with E-state index >= 15 is 0 Å². The average molecular weight is 311 g/mol. The molecule has 3 heterocycles. The van der Waals surface area contributed by atoms with Crippen molar-refractivity contribution in [2.24, 2.45) is 7.05 Å². The van der Waals surface area contributed by atoms with Crippen LogP contribution in [0.4, 0.5) is 5.82 Å². The van der Waals surface area contributed by atoms with Crippen LogP contribution >= 0.6 is 0 Å². The lowest BCUT2D eigenvalue weighted by Gasteiger charge is -2.23. The molecular formula is C16H21N7. The van der Waals surface area contributed by atoms with E-state index in [1.165, 1.54) is 0 Å². The molecule has 120 valence electrons. The Kier molecular flexibility index (Phi) is 4.53. The Hall–Kier alpha value is -2.46. The Morgan fingerprint density at radius 3 is 2.83 bits per heavy atom. The van der Waals surface area contributed by atoms with Crippen LogP contribution in [-0.4, -0.2) is 50.8 Å². The predicted octanol–water partition coefficient (Wildman–Crippen LogP) is 1.10. The molecule has 7 nitrogen and oxygen atoms in total. The van der Waals surface area contributed by atoms with Crippen molar-refractivity contribution >= 4 is 5.82 Å². The van der Waals surface area contributed by atoms with Gasteiger partial charge in [-0.05, 0) is 25.5 Å². The Morgan fingerprint density at radius 1 is 1.22 bits per heavy atom. The standard InChI is InChI=1S/C16H21N7/c1-13-19-20-15(21(13)2)12-22-7-4-8-23(10-9-22)16-14(11-17)5-3-6-18-16/h3,5-6H,4,7-10,12H2,1-2H3. The molecule has 23 heavy (non-hydrogen) atoms. The molecule has 0 bridgehead atoms. The zero-order valence-corrected chi connectivity index (χ0v) is 13.6. The highest BCUT2D eigenvalue weighted by molar-refractivity contribution is 5.53. The number of aromatic nitrogens is 4. The molecule has 1 fully saturated rings. The summed E-state index contributed by atoms with van der Waals surface area (Å²) in [5.74, 6) is 2.72. The summed E-state index contributed by atoms with van der Waals surface area (Å²) in [6.07, 6.45) is 2.79. The molecule has 2 aromatic heterocycles. The zero-order chi connectivity index (χ0) is 16.2. The van der Waals surface area contributed by atoms with Gasteiger partial charge in [0.25, 0.3) is 0 Å². The molecule has 1 aliphatic heterocycles. The van der Waals surface area contributed by atoms with Crippen LogP contribution in [0.3, 0.4) is 0 Å². The minimum Gasteiger partial charge on any atom is -0.354 e. The number of nitriles is 1. The predicted molar refractivity (Wildman–Crippen MR) is 86.8 cm³/mol. The minimum atomic E-state index is 0.643. The second kappa shape index (κ2) is 6.75. The summed E-state index contributed by atoms with van der Waals surface area (Å²) in [5, 5.41) is 17.6. The fraction of sp³-hybridized carbons (Fsp3) is 0.500. The van der Waals surface area contributed by atoms with Crippen LogP contribution in [0.2, 0.25) is 0 Å². The minimum absolute atomic E-state index is 0.643. The monoisotopic (exact) mass is 311 g/mol. The first-order valence-electron chi connectivity index (χ1n) is 7.86. The smallest absolute Gasteiger partial charge is 0.146 e. The molecule has 2 aromatic rings. The highest BCUT2D eigenvalue weighted by atomic mass is 15.3. The fourth-order valence-corrected chi connectivity index (χ4v) is 2.87. The Labute approximate surface area is 136 Å². The lowest BCUT2D eigenvalue weighted by molar-refractivity contribution is 0.275. The van der Waals surface area contributed by atoms with Crippen molar-refractivity contribution in [3.63, 3.8) is 0 Å². The first-order chi connectivity index (χ1) is 11.2. The molecule has 0 atom stereocenters. The quantitative estimate of drug-likeness (QED) is 0.845. The van der Waals surface area contributed by atoms with Gasteiger partial charge in [-0.3, -0.25) is 4.90 Å². The highest BCUT2D eigenvalue weighted by Gasteiger charge is 2.19. The summed E-state index contributed by atoms with van der Waals surface area (Å²) in [4.78, 5) is 9.00. The van der Waals surface area contributed by atoms with E-state index < -0.39 is 0 Å². The van der Waals surface area contributed by atoms with E-state index in [2.05, 4.69) is 31.1 Å². The van der Waals surface area contributed by atoms with E-state index in [4.69, 9.17) is 0 Å². The average Bonchev–Trinajstić information content (AvgIpc) is 2.79. The summed E-state index contributed by atoms with van der Waals surface area (Å²) in [6.45, 7) is 6.48. The maximum absolute atomic E-state index is 9.25. The second-order valence-corrected chi connectivity index (χ2v) is 5.83. The molecule has 3 rings (SSSR count). The van der Waals surface area contributed by atoms with E-state index in [0.717, 1.165) is 56.6 Å². The van der Waals surface area contributed by atoms with Crippen molar-refractivity contribution in [1.82, 2.24) is 24.6 Å². The van der Waals surface area contributed by atoms with Crippen LogP contribution in [0.25, 0.3) is 0 Å². The van der Waals surface area contributed by atoms with Gasteiger partial charge in [-0.2, -0.15) is 5.26 Å². The van der Waals surface area contributed by atoms with Gasteiger partial charge in [-0.15, -0.1) is 10.2 Å². The van der Waals surface area contributed by atoms with E-state index in [0.29, 0.717) is 5.56 Å². The van der Waals surface area contributed by atoms with Crippen LogP contribution < -0.4 is 4.90 Å². The van der Waals surface area contributed by atoms with Crippen LogP contribution in [0.5, 0.6) is 0 Å². The number of aryl methyl sites for hydroxylation is 1. The van der Waals surface area contributed by atoms with Gasteiger partial charge in [-0.1, -0.05) is 0 Å². The Bertz CT molecular complexity index is 715. The lowest BCUT2D eigenvalue weighted by atomic mass is 10.2. The van der Waals surface area contributed by atoms with Crippen LogP contribution in [-0.2, 0) is 13.6 Å². The molecule has 0 amide bonds. The summed E-state index contributed by atoms with van der Waals surface area (Å²) in [7, 11) is 2.00. The number of hydrogen-bond donors (Lipinski definition) is 0. The SMILES string of the molecule is Cc1nnc(CN2CCCN(c3ncccc3C#N)CC2)n1C. The van der Waals surface area contributed by atoms with Crippen LogP contribution in [0.1, 0.15) is 23.6 Å². The highest BCUT2D eigenvalue weighted by Crippen LogP contribution is 2.18. The van der Waals surface area contributed by atoms with Gasteiger partial charge in [0, 0.05) is 39.4 Å². The van der Waals surface area contributed by atoms with E-state index in [-0.39, 0.29) is 0 Å². The Balaban J connectivity index is 1.68. The van der Waals surface area contributed by atoms with Crippen molar-refractivity contribution in [2.45, 2.75) is 19.9 Å². The molecule has 0 unspecified atom stereocenters. The van der Waals surface area contributed by atoms with Crippen molar-refractivity contribution in [1.29, 1.82) is 5.26 Å². The molecule has 1 saturated heterocycles. The lowest BCUT2D eigenvalue weighted by Crippen LogP contribution is -2.32. The molecule has 0 spiro atoms.